The zero-order chi connectivity index (χ0) is 9.47. The normalized spacial score (nSPS) is 24.4. The molecule has 0 aromatic heterocycles. The second kappa shape index (κ2) is 3.75. The first kappa shape index (κ1) is 10.3. The van der Waals surface area contributed by atoms with Crippen molar-refractivity contribution in [2.75, 3.05) is 0 Å². The molecule has 70 valence electrons. The van der Waals surface area contributed by atoms with Crippen molar-refractivity contribution >= 4 is 58.6 Å². The third kappa shape index (κ3) is 2.64. The molecular weight excluding hydrogens is 338 g/mol. The van der Waals surface area contributed by atoms with E-state index in [1.54, 1.807) is 0 Å². The van der Waals surface area contributed by atoms with Crippen molar-refractivity contribution in [1.82, 2.24) is 0 Å². The average Bonchev–Trinajstić information content (AvgIpc) is 2.64. The number of benzene rings is 1. The topological polar surface area (TPSA) is 0 Å². The SMILES string of the molecule is ClC1(Cl)CC1[Se]c1ccc(Br)cc1. The first-order valence-corrected chi connectivity index (χ1v) is 7.27. The van der Waals surface area contributed by atoms with Gasteiger partial charge in [-0.25, -0.2) is 0 Å². The molecule has 1 aromatic carbocycles. The van der Waals surface area contributed by atoms with Crippen LogP contribution in [0.4, 0.5) is 0 Å². The molecule has 1 aliphatic rings. The first-order valence-electron chi connectivity index (χ1n) is 3.88. The predicted molar refractivity (Wildman–Crippen MR) is 62.3 cm³/mol. The van der Waals surface area contributed by atoms with Crippen LogP contribution in [0.1, 0.15) is 6.42 Å². The van der Waals surface area contributed by atoms with E-state index in [1.807, 2.05) is 0 Å². The maximum absolute atomic E-state index is 5.96. The summed E-state index contributed by atoms with van der Waals surface area (Å²) in [5.74, 6) is 0. The van der Waals surface area contributed by atoms with Gasteiger partial charge in [0.15, 0.2) is 0 Å². The Morgan fingerprint density at radius 1 is 1.31 bits per heavy atom. The van der Waals surface area contributed by atoms with Crippen molar-refractivity contribution in [2.45, 2.75) is 15.6 Å². The van der Waals surface area contributed by atoms with E-state index in [-0.39, 0.29) is 0 Å². The molecule has 0 bridgehead atoms. The summed E-state index contributed by atoms with van der Waals surface area (Å²) in [7, 11) is 0. The van der Waals surface area contributed by atoms with Crippen LogP contribution in [0.5, 0.6) is 0 Å². The zero-order valence-corrected chi connectivity index (χ0v) is 11.4. The number of alkyl halides is 2. The monoisotopic (exact) mass is 344 g/mol. The van der Waals surface area contributed by atoms with Crippen LogP contribution in [0.25, 0.3) is 0 Å². The molecule has 0 nitrogen and oxygen atoms in total. The van der Waals surface area contributed by atoms with E-state index in [0.29, 0.717) is 19.8 Å². The van der Waals surface area contributed by atoms with Crippen molar-refractivity contribution in [1.29, 1.82) is 0 Å². The Labute approximate surface area is 102 Å². The average molecular weight is 345 g/mol. The van der Waals surface area contributed by atoms with Gasteiger partial charge in [-0.05, 0) is 0 Å². The molecule has 1 aromatic rings. The number of hydrogen-bond donors (Lipinski definition) is 0. The van der Waals surface area contributed by atoms with Gasteiger partial charge in [0.1, 0.15) is 0 Å². The fourth-order valence-electron chi connectivity index (χ4n) is 0.994. The fraction of sp³-hybridized carbons (Fsp3) is 0.333. The second-order valence-corrected chi connectivity index (χ2v) is 8.16. The van der Waals surface area contributed by atoms with Crippen molar-refractivity contribution < 1.29 is 0 Å². The summed E-state index contributed by atoms with van der Waals surface area (Å²) in [5, 5.41) is 0. The van der Waals surface area contributed by atoms with Crippen LogP contribution in [-0.4, -0.2) is 19.3 Å². The summed E-state index contributed by atoms with van der Waals surface area (Å²) in [6.07, 6.45) is 0.951. The van der Waals surface area contributed by atoms with Gasteiger partial charge < -0.3 is 0 Å². The molecule has 1 atom stereocenters. The summed E-state index contributed by atoms with van der Waals surface area (Å²) < 4.78 is 2.06. The Kier molecular flexibility index (Phi) is 2.98. The van der Waals surface area contributed by atoms with Crippen LogP contribution in [0.15, 0.2) is 28.7 Å². The molecule has 0 saturated heterocycles. The van der Waals surface area contributed by atoms with E-state index >= 15 is 0 Å². The van der Waals surface area contributed by atoms with Crippen LogP contribution < -0.4 is 4.46 Å². The summed E-state index contributed by atoms with van der Waals surface area (Å²) in [6, 6.07) is 8.38. The van der Waals surface area contributed by atoms with E-state index in [2.05, 4.69) is 40.2 Å². The Balaban J connectivity index is 2.00. The summed E-state index contributed by atoms with van der Waals surface area (Å²) in [4.78, 5) is 0.504. The molecular formula is C9H7BrCl2Se. The third-order valence-corrected chi connectivity index (χ3v) is 6.74. The zero-order valence-electron chi connectivity index (χ0n) is 6.64. The first-order chi connectivity index (χ1) is 6.08. The molecule has 13 heavy (non-hydrogen) atoms. The molecule has 0 aliphatic heterocycles. The van der Waals surface area contributed by atoms with Crippen molar-refractivity contribution in [2.24, 2.45) is 0 Å². The van der Waals surface area contributed by atoms with Crippen LogP contribution in [-0.2, 0) is 0 Å². The maximum atomic E-state index is 5.96. The molecule has 1 saturated carbocycles. The van der Waals surface area contributed by atoms with Crippen LogP contribution in [0, 0.1) is 0 Å². The second-order valence-electron chi connectivity index (χ2n) is 3.03. The van der Waals surface area contributed by atoms with Crippen LogP contribution in [0.2, 0.25) is 4.82 Å². The van der Waals surface area contributed by atoms with Gasteiger partial charge in [-0.15, -0.1) is 0 Å². The molecule has 1 fully saturated rings. The van der Waals surface area contributed by atoms with E-state index < -0.39 is 4.33 Å². The van der Waals surface area contributed by atoms with E-state index in [9.17, 15) is 0 Å². The van der Waals surface area contributed by atoms with Gasteiger partial charge in [0, 0.05) is 0 Å². The Bertz CT molecular complexity index is 310. The Hall–Kier alpha value is 0.799. The summed E-state index contributed by atoms with van der Waals surface area (Å²) >= 11 is 15.7. The van der Waals surface area contributed by atoms with Crippen molar-refractivity contribution in [3.63, 3.8) is 0 Å². The molecule has 0 heterocycles. The number of hydrogen-bond acceptors (Lipinski definition) is 0. The van der Waals surface area contributed by atoms with E-state index in [0.717, 1.165) is 10.9 Å². The van der Waals surface area contributed by atoms with Crippen LogP contribution in [0.3, 0.4) is 0 Å². The van der Waals surface area contributed by atoms with Gasteiger partial charge in [0.25, 0.3) is 0 Å². The van der Waals surface area contributed by atoms with Crippen molar-refractivity contribution in [3.8, 4) is 0 Å². The predicted octanol–water partition coefficient (Wildman–Crippen LogP) is 3.14. The van der Waals surface area contributed by atoms with Crippen LogP contribution >= 0.6 is 39.1 Å². The van der Waals surface area contributed by atoms with E-state index in [1.165, 1.54) is 4.46 Å². The van der Waals surface area contributed by atoms with Gasteiger partial charge in [0.2, 0.25) is 0 Å². The van der Waals surface area contributed by atoms with Gasteiger partial charge in [0.05, 0.1) is 0 Å². The molecule has 1 unspecified atom stereocenters. The van der Waals surface area contributed by atoms with Gasteiger partial charge in [-0.3, -0.25) is 0 Å². The third-order valence-electron chi connectivity index (χ3n) is 1.86. The quantitative estimate of drug-likeness (QED) is 0.571. The molecule has 1 aliphatic carbocycles. The van der Waals surface area contributed by atoms with E-state index in [4.69, 9.17) is 23.2 Å². The molecule has 0 amide bonds. The van der Waals surface area contributed by atoms with Gasteiger partial charge >= 0.3 is 103 Å². The Morgan fingerprint density at radius 3 is 2.31 bits per heavy atom. The van der Waals surface area contributed by atoms with Gasteiger partial charge in [-0.2, -0.15) is 0 Å². The summed E-state index contributed by atoms with van der Waals surface area (Å²) in [6.45, 7) is 0. The molecule has 0 N–H and O–H groups in total. The molecule has 0 radical (unpaired) electrons. The Morgan fingerprint density at radius 2 is 1.85 bits per heavy atom. The standard InChI is InChI=1S/C9H7BrCl2Se/c10-6-1-3-7(4-2-6)13-8-5-9(8,11)12/h1-4,8H,5H2. The van der Waals surface area contributed by atoms with Gasteiger partial charge in [-0.1, -0.05) is 0 Å². The van der Waals surface area contributed by atoms with Crippen molar-refractivity contribution in [3.05, 3.63) is 28.7 Å². The molecule has 0 spiro atoms. The minimum atomic E-state index is -0.424. The fourth-order valence-corrected chi connectivity index (χ4v) is 4.84. The summed E-state index contributed by atoms with van der Waals surface area (Å²) in [5.41, 5.74) is 0. The molecule has 4 heteroatoms. The number of rotatable bonds is 2. The molecule has 2 rings (SSSR count). The minimum absolute atomic E-state index is 0.421. The number of halogens is 3.